The summed E-state index contributed by atoms with van der Waals surface area (Å²) in [5, 5.41) is 10.3. The van der Waals surface area contributed by atoms with E-state index in [4.69, 9.17) is 0 Å². The Bertz CT molecular complexity index is 3480. The first-order chi connectivity index (χ1) is 31.3. The van der Waals surface area contributed by atoms with Crippen LogP contribution in [0.25, 0.3) is 110 Å². The van der Waals surface area contributed by atoms with Crippen molar-refractivity contribution in [1.82, 2.24) is 9.97 Å². The molecule has 2 heteroatoms. The molecule has 2 aliphatic rings. The number of hydrogen-bond acceptors (Lipinski definition) is 2. The molecule has 0 unspecified atom stereocenters. The summed E-state index contributed by atoms with van der Waals surface area (Å²) < 4.78 is 0. The Kier molecular flexibility index (Phi) is 7.74. The van der Waals surface area contributed by atoms with Crippen LogP contribution in [0.4, 0.5) is 0 Å². The Labute approximate surface area is 373 Å². The lowest BCUT2D eigenvalue weighted by Crippen LogP contribution is -2.16. The van der Waals surface area contributed by atoms with E-state index in [1.807, 2.05) is 36.9 Å². The van der Waals surface area contributed by atoms with Crippen LogP contribution in [0.3, 0.4) is 0 Å². The normalized spacial score (nSPS) is 14.2. The van der Waals surface area contributed by atoms with Crippen LogP contribution in [-0.4, -0.2) is 9.97 Å². The van der Waals surface area contributed by atoms with Crippen LogP contribution in [0.15, 0.2) is 195 Å². The van der Waals surface area contributed by atoms with E-state index < -0.39 is 0 Å². The van der Waals surface area contributed by atoms with Gasteiger partial charge in [-0.1, -0.05) is 161 Å². The molecule has 0 amide bonds. The SMILES string of the molecule is CC1(C)c2ccccc2-c2ccc3c(c(-c4ccc(-c5cccnc5)cc4)cc4cc5c(cc(-c6ccc(-c7cccnc7)cc6)c6c7c(ccc65)-c5ccccc5C7(C)C)cc43)c21. The van der Waals surface area contributed by atoms with Crippen LogP contribution in [0.1, 0.15) is 49.9 Å². The second-order valence-corrected chi connectivity index (χ2v) is 18.9. The predicted octanol–water partition coefficient (Wildman–Crippen LogP) is 16.4. The predicted molar refractivity (Wildman–Crippen MR) is 269 cm³/mol. The third kappa shape index (κ3) is 5.20. The van der Waals surface area contributed by atoms with Crippen LogP contribution < -0.4 is 0 Å². The molecule has 0 N–H and O–H groups in total. The van der Waals surface area contributed by atoms with E-state index in [1.54, 1.807) is 0 Å². The number of fused-ring (bicyclic) bond motifs is 14. The average Bonchev–Trinajstić information content (AvgIpc) is 3.73. The van der Waals surface area contributed by atoms with Gasteiger partial charge in [0.15, 0.2) is 0 Å². The molecule has 0 aliphatic heterocycles. The number of nitrogens with zero attached hydrogens (tertiary/aromatic N) is 2. The molecule has 64 heavy (non-hydrogen) atoms. The molecule has 0 radical (unpaired) electrons. The largest absolute Gasteiger partial charge is 0.264 e. The zero-order valence-corrected chi connectivity index (χ0v) is 36.4. The molecule has 11 aromatic rings. The monoisotopic (exact) mass is 816 g/mol. The highest BCUT2D eigenvalue weighted by Gasteiger charge is 2.39. The number of pyridine rings is 2. The molecule has 0 bridgehead atoms. The van der Waals surface area contributed by atoms with Gasteiger partial charge in [0.25, 0.3) is 0 Å². The first kappa shape index (κ1) is 36.9. The Hall–Kier alpha value is -7.68. The number of benzene rings is 9. The molecule has 2 nitrogen and oxygen atoms in total. The molecule has 2 aliphatic carbocycles. The molecular weight excluding hydrogens is 773 g/mol. The summed E-state index contributed by atoms with van der Waals surface area (Å²) in [6.45, 7) is 9.64. The average molecular weight is 817 g/mol. The Morgan fingerprint density at radius 2 is 0.719 bits per heavy atom. The van der Waals surface area contributed by atoms with E-state index in [-0.39, 0.29) is 10.8 Å². The van der Waals surface area contributed by atoms with Crippen LogP contribution in [0, 0.1) is 0 Å². The smallest absolute Gasteiger partial charge is 0.0346 e. The van der Waals surface area contributed by atoms with Gasteiger partial charge in [-0.25, -0.2) is 0 Å². The first-order valence-corrected chi connectivity index (χ1v) is 22.4. The van der Waals surface area contributed by atoms with Crippen LogP contribution in [-0.2, 0) is 10.8 Å². The molecular formula is C62H44N2. The topological polar surface area (TPSA) is 25.8 Å². The van der Waals surface area contributed by atoms with Gasteiger partial charge in [-0.3, -0.25) is 9.97 Å². The summed E-state index contributed by atoms with van der Waals surface area (Å²) in [6.07, 6.45) is 7.56. The van der Waals surface area contributed by atoms with E-state index in [9.17, 15) is 0 Å². The highest BCUT2D eigenvalue weighted by molar-refractivity contribution is 6.24. The second-order valence-electron chi connectivity index (χ2n) is 18.9. The fourth-order valence-corrected chi connectivity index (χ4v) is 11.8. The Morgan fingerprint density at radius 1 is 0.312 bits per heavy atom. The summed E-state index contributed by atoms with van der Waals surface area (Å²) in [7, 11) is 0. The zero-order chi connectivity index (χ0) is 42.9. The van der Waals surface area contributed by atoms with Gasteiger partial charge >= 0.3 is 0 Å². The third-order valence-corrected chi connectivity index (χ3v) is 14.8. The molecule has 0 saturated heterocycles. The minimum atomic E-state index is -0.184. The molecule has 9 aromatic carbocycles. The summed E-state index contributed by atoms with van der Waals surface area (Å²) in [5.74, 6) is 0. The van der Waals surface area contributed by atoms with Crippen molar-refractivity contribution in [2.75, 3.05) is 0 Å². The van der Waals surface area contributed by atoms with Crippen molar-refractivity contribution in [3.05, 3.63) is 217 Å². The quantitative estimate of drug-likeness (QED) is 0.131. The van der Waals surface area contributed by atoms with Crippen molar-refractivity contribution >= 4 is 43.1 Å². The maximum atomic E-state index is 4.41. The molecule has 302 valence electrons. The Balaban J connectivity index is 1.12. The molecule has 0 saturated carbocycles. The second kappa shape index (κ2) is 13.4. The van der Waals surface area contributed by atoms with Gasteiger partial charge in [0, 0.05) is 35.6 Å². The zero-order valence-electron chi connectivity index (χ0n) is 36.4. The van der Waals surface area contributed by atoms with Gasteiger partial charge in [0.2, 0.25) is 0 Å². The molecule has 2 heterocycles. The van der Waals surface area contributed by atoms with Gasteiger partial charge in [-0.2, -0.15) is 0 Å². The molecule has 0 spiro atoms. The van der Waals surface area contributed by atoms with Gasteiger partial charge in [0.05, 0.1) is 0 Å². The fraction of sp³-hybridized carbons (Fsp3) is 0.0968. The lowest BCUT2D eigenvalue weighted by molar-refractivity contribution is 0.666. The molecule has 13 rings (SSSR count). The van der Waals surface area contributed by atoms with E-state index in [0.717, 1.165) is 22.3 Å². The van der Waals surface area contributed by atoms with Crippen molar-refractivity contribution in [2.24, 2.45) is 0 Å². The van der Waals surface area contributed by atoms with Crippen molar-refractivity contribution in [3.8, 4) is 66.8 Å². The minimum Gasteiger partial charge on any atom is -0.264 e. The van der Waals surface area contributed by atoms with Crippen molar-refractivity contribution in [1.29, 1.82) is 0 Å². The van der Waals surface area contributed by atoms with Crippen molar-refractivity contribution in [3.63, 3.8) is 0 Å². The highest BCUT2D eigenvalue weighted by atomic mass is 14.6. The molecule has 0 atom stereocenters. The summed E-state index contributed by atoms with van der Waals surface area (Å²) in [4.78, 5) is 8.82. The maximum Gasteiger partial charge on any atom is 0.0346 e. The number of rotatable bonds is 4. The lowest BCUT2D eigenvalue weighted by atomic mass is 9.77. The van der Waals surface area contributed by atoms with Crippen molar-refractivity contribution in [2.45, 2.75) is 38.5 Å². The van der Waals surface area contributed by atoms with Gasteiger partial charge in [0.1, 0.15) is 0 Å². The van der Waals surface area contributed by atoms with E-state index in [2.05, 4.69) is 195 Å². The minimum absolute atomic E-state index is 0.184. The number of aromatic nitrogens is 2. The lowest BCUT2D eigenvalue weighted by Gasteiger charge is -2.26. The van der Waals surface area contributed by atoms with Gasteiger partial charge in [-0.15, -0.1) is 0 Å². The third-order valence-electron chi connectivity index (χ3n) is 14.8. The van der Waals surface area contributed by atoms with Crippen LogP contribution in [0.2, 0.25) is 0 Å². The summed E-state index contributed by atoms with van der Waals surface area (Å²) in [5.41, 5.74) is 20.1. The summed E-state index contributed by atoms with van der Waals surface area (Å²) >= 11 is 0. The number of hydrogen-bond donors (Lipinski definition) is 0. The standard InChI is InChI=1S/C62H44N2/c1-61(2)55-15-7-5-13-45(55)49-27-25-47-51-31-44-34-54(40-23-19-38(20-24-40)42-12-10-30-64-36-42)58-48(26-28-50-46-14-6-8-16-56(46)62(3,4)60(50)58)52(44)32-43(51)33-53(57(47)59(49)61)39-21-17-37(18-22-39)41-11-9-29-63-35-41/h5-36H,1-4H3. The first-order valence-electron chi connectivity index (χ1n) is 22.4. The van der Waals surface area contributed by atoms with Crippen molar-refractivity contribution < 1.29 is 0 Å². The van der Waals surface area contributed by atoms with Crippen LogP contribution >= 0.6 is 0 Å². The van der Waals surface area contributed by atoms with Gasteiger partial charge < -0.3 is 0 Å². The van der Waals surface area contributed by atoms with Crippen LogP contribution in [0.5, 0.6) is 0 Å². The molecule has 2 aromatic heterocycles. The van der Waals surface area contributed by atoms with E-state index >= 15 is 0 Å². The van der Waals surface area contributed by atoms with E-state index in [1.165, 1.54) is 110 Å². The Morgan fingerprint density at radius 3 is 1.12 bits per heavy atom. The fourth-order valence-electron chi connectivity index (χ4n) is 11.8. The summed E-state index contributed by atoms with van der Waals surface area (Å²) in [6, 6.07) is 64.1. The highest BCUT2D eigenvalue weighted by Crippen LogP contribution is 2.56. The van der Waals surface area contributed by atoms with E-state index in [0.29, 0.717) is 0 Å². The maximum absolute atomic E-state index is 4.41. The molecule has 0 fully saturated rings. The van der Waals surface area contributed by atoms with Gasteiger partial charge in [-0.05, 0) is 169 Å².